The molecular formula is C37H37NO5. The number of aliphatic hydroxyl groups is 1. The number of aromatic hydroxyl groups is 2. The largest absolute Gasteiger partial charge is 0.508 e. The van der Waals surface area contributed by atoms with Gasteiger partial charge in [0, 0.05) is 26.2 Å². The highest BCUT2D eigenvalue weighted by Gasteiger charge is 2.25. The van der Waals surface area contributed by atoms with Gasteiger partial charge < -0.3 is 24.8 Å². The van der Waals surface area contributed by atoms with Gasteiger partial charge in [0.05, 0.1) is 13.7 Å². The number of ether oxygens (including phenoxy) is 2. The number of hydrogen-bond acceptors (Lipinski definition) is 6. The lowest BCUT2D eigenvalue weighted by Crippen LogP contribution is -2.27. The lowest BCUT2D eigenvalue weighted by molar-refractivity contribution is 0.201. The minimum atomic E-state index is 0.171. The van der Waals surface area contributed by atoms with Crippen LogP contribution in [0.4, 0.5) is 0 Å². The molecule has 0 amide bonds. The Morgan fingerprint density at radius 2 is 1.56 bits per heavy atom. The molecule has 5 aromatic carbocycles. The zero-order valence-electron chi connectivity index (χ0n) is 24.4. The summed E-state index contributed by atoms with van der Waals surface area (Å²) in [5.74, 6) is 2.14. The number of rotatable bonds is 12. The number of benzene rings is 5. The van der Waals surface area contributed by atoms with Crippen molar-refractivity contribution in [3.05, 3.63) is 108 Å². The SMILES string of the molecule is COc1ccc(CN(CCCO)CCCOc2cccc(-c3c4c(cc5ccc(O)cc35)-c3ccc(O)cc3C4)c2)cc1. The molecule has 43 heavy (non-hydrogen) atoms. The topological polar surface area (TPSA) is 82.4 Å². The second-order valence-electron chi connectivity index (χ2n) is 11.1. The molecule has 0 saturated carbocycles. The lowest BCUT2D eigenvalue weighted by Gasteiger charge is -2.22. The summed E-state index contributed by atoms with van der Waals surface area (Å²) in [6.45, 7) is 3.22. The smallest absolute Gasteiger partial charge is 0.119 e. The summed E-state index contributed by atoms with van der Waals surface area (Å²) in [4.78, 5) is 2.35. The molecule has 0 heterocycles. The van der Waals surface area contributed by atoms with Gasteiger partial charge in [-0.15, -0.1) is 0 Å². The summed E-state index contributed by atoms with van der Waals surface area (Å²) >= 11 is 0. The van der Waals surface area contributed by atoms with Gasteiger partial charge in [0.1, 0.15) is 23.0 Å². The fourth-order valence-electron chi connectivity index (χ4n) is 6.13. The van der Waals surface area contributed by atoms with E-state index in [0.29, 0.717) is 13.0 Å². The molecule has 6 rings (SSSR count). The fraction of sp³-hybridized carbons (Fsp3) is 0.243. The first-order valence-electron chi connectivity index (χ1n) is 14.8. The van der Waals surface area contributed by atoms with Crippen LogP contribution < -0.4 is 9.47 Å². The Morgan fingerprint density at radius 3 is 2.37 bits per heavy atom. The second kappa shape index (κ2) is 12.8. The number of hydrogen-bond donors (Lipinski definition) is 3. The Kier molecular flexibility index (Phi) is 8.50. The van der Waals surface area contributed by atoms with Crippen LogP contribution >= 0.6 is 0 Å². The van der Waals surface area contributed by atoms with E-state index in [4.69, 9.17) is 9.47 Å². The first-order valence-corrected chi connectivity index (χ1v) is 14.8. The average Bonchev–Trinajstić information content (AvgIpc) is 3.37. The quantitative estimate of drug-likeness (QED) is 0.134. The van der Waals surface area contributed by atoms with E-state index >= 15 is 0 Å². The fourth-order valence-corrected chi connectivity index (χ4v) is 6.13. The molecule has 0 atom stereocenters. The van der Waals surface area contributed by atoms with Gasteiger partial charge in [0.25, 0.3) is 0 Å². The van der Waals surface area contributed by atoms with E-state index in [1.54, 1.807) is 19.2 Å². The Balaban J connectivity index is 1.20. The maximum Gasteiger partial charge on any atom is 0.119 e. The zero-order valence-corrected chi connectivity index (χ0v) is 24.4. The predicted octanol–water partition coefficient (Wildman–Crippen LogP) is 7.15. The summed E-state index contributed by atoms with van der Waals surface area (Å²) in [6.07, 6.45) is 2.29. The van der Waals surface area contributed by atoms with Crippen LogP contribution in [0.2, 0.25) is 0 Å². The molecule has 1 aliphatic rings. The Hall–Kier alpha value is -4.52. The number of phenolic OH excluding ortho intramolecular Hbond substituents is 2. The monoisotopic (exact) mass is 575 g/mol. The van der Waals surface area contributed by atoms with Crippen molar-refractivity contribution in [2.24, 2.45) is 0 Å². The normalized spacial score (nSPS) is 12.0. The van der Waals surface area contributed by atoms with E-state index in [0.717, 1.165) is 82.6 Å². The Bertz CT molecular complexity index is 1730. The van der Waals surface area contributed by atoms with Crippen LogP contribution in [0, 0.1) is 0 Å². The van der Waals surface area contributed by atoms with Crippen LogP contribution in [0.15, 0.2) is 91.0 Å². The van der Waals surface area contributed by atoms with Gasteiger partial charge in [-0.25, -0.2) is 0 Å². The van der Waals surface area contributed by atoms with Crippen molar-refractivity contribution in [1.29, 1.82) is 0 Å². The highest BCUT2D eigenvalue weighted by atomic mass is 16.5. The Morgan fingerprint density at radius 1 is 0.767 bits per heavy atom. The van der Waals surface area contributed by atoms with Crippen LogP contribution in [0.3, 0.4) is 0 Å². The third kappa shape index (κ3) is 6.31. The third-order valence-electron chi connectivity index (χ3n) is 8.19. The van der Waals surface area contributed by atoms with Gasteiger partial charge in [0.2, 0.25) is 0 Å². The summed E-state index contributed by atoms with van der Waals surface area (Å²) < 4.78 is 11.5. The van der Waals surface area contributed by atoms with Gasteiger partial charge in [0.15, 0.2) is 0 Å². The molecule has 0 bridgehead atoms. The number of phenols is 2. The van der Waals surface area contributed by atoms with E-state index < -0.39 is 0 Å². The van der Waals surface area contributed by atoms with Crippen molar-refractivity contribution in [3.8, 4) is 45.3 Å². The van der Waals surface area contributed by atoms with Crippen molar-refractivity contribution < 1.29 is 24.8 Å². The van der Waals surface area contributed by atoms with Crippen LogP contribution in [0.1, 0.15) is 29.5 Å². The van der Waals surface area contributed by atoms with Gasteiger partial charge in [-0.1, -0.05) is 36.4 Å². The lowest BCUT2D eigenvalue weighted by atomic mass is 9.89. The van der Waals surface area contributed by atoms with Crippen molar-refractivity contribution in [2.45, 2.75) is 25.8 Å². The molecular weight excluding hydrogens is 538 g/mol. The molecule has 3 N–H and O–H groups in total. The molecule has 0 spiro atoms. The van der Waals surface area contributed by atoms with E-state index in [-0.39, 0.29) is 18.1 Å². The molecule has 6 nitrogen and oxygen atoms in total. The van der Waals surface area contributed by atoms with Gasteiger partial charge in [-0.2, -0.15) is 0 Å². The van der Waals surface area contributed by atoms with Crippen LogP contribution in [0.5, 0.6) is 23.0 Å². The molecule has 1 aliphatic carbocycles. The highest BCUT2D eigenvalue weighted by Crippen LogP contribution is 2.47. The molecule has 0 fully saturated rings. The molecule has 5 aromatic rings. The maximum atomic E-state index is 10.4. The van der Waals surface area contributed by atoms with Crippen molar-refractivity contribution in [2.75, 3.05) is 33.4 Å². The minimum Gasteiger partial charge on any atom is -0.508 e. The summed E-state index contributed by atoms with van der Waals surface area (Å²) in [6, 6.07) is 29.6. The van der Waals surface area contributed by atoms with E-state index in [2.05, 4.69) is 35.2 Å². The summed E-state index contributed by atoms with van der Waals surface area (Å²) in [5, 5.41) is 32.0. The van der Waals surface area contributed by atoms with Crippen LogP contribution in [-0.2, 0) is 13.0 Å². The van der Waals surface area contributed by atoms with Crippen molar-refractivity contribution in [3.63, 3.8) is 0 Å². The predicted molar refractivity (Wildman–Crippen MR) is 171 cm³/mol. The summed E-state index contributed by atoms with van der Waals surface area (Å²) in [7, 11) is 1.67. The first-order chi connectivity index (χ1) is 21.0. The molecule has 0 radical (unpaired) electrons. The number of nitrogens with zero attached hydrogens (tertiary/aromatic N) is 1. The standard InChI is InChI=1S/C37H37NO5/c1-42-31-12-7-25(8-13-31)24-38(15-3-17-39)16-4-18-43-32-6-2-5-27(20-32)37-34-23-30(41)10-9-26(34)21-35-33-14-11-29(40)19-28(33)22-36(35)37/h2,5-14,19-21,23,39-41H,3-4,15-18,22,24H2,1H3. The molecule has 0 unspecified atom stereocenters. The van der Waals surface area contributed by atoms with E-state index in [1.165, 1.54) is 11.1 Å². The van der Waals surface area contributed by atoms with Gasteiger partial charge in [-0.3, -0.25) is 4.90 Å². The zero-order chi connectivity index (χ0) is 29.8. The third-order valence-corrected chi connectivity index (χ3v) is 8.19. The van der Waals surface area contributed by atoms with E-state index in [1.807, 2.05) is 48.5 Å². The molecule has 0 saturated heterocycles. The van der Waals surface area contributed by atoms with Gasteiger partial charge >= 0.3 is 0 Å². The number of aliphatic hydroxyl groups excluding tert-OH is 1. The number of methoxy groups -OCH3 is 1. The highest BCUT2D eigenvalue weighted by molar-refractivity contribution is 6.05. The Labute approximate surface area is 252 Å². The molecule has 0 aliphatic heterocycles. The average molecular weight is 576 g/mol. The van der Waals surface area contributed by atoms with Crippen LogP contribution in [-0.4, -0.2) is 53.6 Å². The molecule has 6 heteroatoms. The van der Waals surface area contributed by atoms with Crippen molar-refractivity contribution in [1.82, 2.24) is 4.90 Å². The summed E-state index contributed by atoms with van der Waals surface area (Å²) in [5.41, 5.74) is 7.91. The maximum absolute atomic E-state index is 10.4. The molecule has 0 aromatic heterocycles. The van der Waals surface area contributed by atoms with E-state index in [9.17, 15) is 15.3 Å². The van der Waals surface area contributed by atoms with Gasteiger partial charge in [-0.05, 0) is 124 Å². The first kappa shape index (κ1) is 28.6. The number of fused-ring (bicyclic) bond motifs is 4. The van der Waals surface area contributed by atoms with Crippen LogP contribution in [0.25, 0.3) is 33.0 Å². The second-order valence-corrected chi connectivity index (χ2v) is 11.1. The molecule has 220 valence electrons. The minimum absolute atomic E-state index is 0.171. The van der Waals surface area contributed by atoms with Crippen molar-refractivity contribution >= 4 is 10.8 Å².